The lowest BCUT2D eigenvalue weighted by Gasteiger charge is -2.12. The fraction of sp³-hybridized carbons (Fsp3) is 0.273. The molecule has 3 nitrogen and oxygen atoms in total. The molecule has 1 heterocycles. The van der Waals surface area contributed by atoms with Crippen molar-refractivity contribution in [3.05, 3.63) is 40.4 Å². The van der Waals surface area contributed by atoms with Crippen LogP contribution in [0.4, 0.5) is 13.2 Å². The Morgan fingerprint density at radius 3 is 2.53 bits per heavy atom. The molecule has 0 aliphatic carbocycles. The van der Waals surface area contributed by atoms with Crippen molar-refractivity contribution in [3.8, 4) is 0 Å². The number of fused-ring (bicyclic) bond motifs is 1. The molecule has 0 amide bonds. The molecule has 90 valence electrons. The van der Waals surface area contributed by atoms with Gasteiger partial charge < -0.3 is 0 Å². The molecule has 0 bridgehead atoms. The Labute approximate surface area is 94.5 Å². The van der Waals surface area contributed by atoms with Crippen LogP contribution >= 0.6 is 0 Å². The molecule has 0 radical (unpaired) electrons. The summed E-state index contributed by atoms with van der Waals surface area (Å²) in [5, 5.41) is -0.0542. The van der Waals surface area contributed by atoms with Crippen molar-refractivity contribution >= 4 is 10.9 Å². The molecule has 0 spiro atoms. The zero-order valence-corrected chi connectivity index (χ0v) is 8.95. The molecule has 0 saturated carbocycles. The Balaban J connectivity index is 2.94. The summed E-state index contributed by atoms with van der Waals surface area (Å²) in [4.78, 5) is 14.6. The number of para-hydroxylation sites is 1. The second kappa shape index (κ2) is 3.87. The van der Waals surface area contributed by atoms with E-state index in [2.05, 4.69) is 4.98 Å². The van der Waals surface area contributed by atoms with E-state index in [0.717, 1.165) is 0 Å². The Morgan fingerprint density at radius 1 is 1.29 bits per heavy atom. The average molecular weight is 242 g/mol. The van der Waals surface area contributed by atoms with Gasteiger partial charge in [-0.2, -0.15) is 18.2 Å². The van der Waals surface area contributed by atoms with Crippen molar-refractivity contribution in [2.45, 2.75) is 19.6 Å². The van der Waals surface area contributed by atoms with Crippen LogP contribution in [0.25, 0.3) is 10.9 Å². The maximum absolute atomic E-state index is 12.7. The van der Waals surface area contributed by atoms with Gasteiger partial charge in [-0.1, -0.05) is 18.2 Å². The molecular formula is C11H9F3N2O. The number of aryl methyl sites for hydroxylation is 1. The summed E-state index contributed by atoms with van der Waals surface area (Å²) in [5.74, 6) is 0. The van der Waals surface area contributed by atoms with E-state index >= 15 is 0 Å². The largest absolute Gasteiger partial charge is 0.434 e. The van der Waals surface area contributed by atoms with Crippen LogP contribution < -0.4 is 5.69 Å². The monoisotopic (exact) mass is 242 g/mol. The molecule has 0 unspecified atom stereocenters. The predicted octanol–water partition coefficient (Wildman–Crippen LogP) is 2.44. The van der Waals surface area contributed by atoms with E-state index in [1.807, 2.05) is 0 Å². The first-order valence-corrected chi connectivity index (χ1v) is 5.02. The molecule has 2 aromatic rings. The second-order valence-corrected chi connectivity index (χ2v) is 3.50. The Morgan fingerprint density at radius 2 is 1.94 bits per heavy atom. The first-order chi connectivity index (χ1) is 7.95. The Bertz CT molecular complexity index is 616. The maximum atomic E-state index is 12.7. The van der Waals surface area contributed by atoms with E-state index in [9.17, 15) is 18.0 Å². The number of nitrogens with zero attached hydrogens (tertiary/aromatic N) is 2. The van der Waals surface area contributed by atoms with Gasteiger partial charge in [-0.05, 0) is 13.0 Å². The summed E-state index contributed by atoms with van der Waals surface area (Å²) >= 11 is 0. The summed E-state index contributed by atoms with van der Waals surface area (Å²) in [6.45, 7) is 1.97. The Kier molecular flexibility index (Phi) is 2.65. The molecule has 0 saturated heterocycles. The van der Waals surface area contributed by atoms with Crippen molar-refractivity contribution in [3.63, 3.8) is 0 Å². The smallest absolute Gasteiger partial charge is 0.292 e. The molecule has 0 atom stereocenters. The van der Waals surface area contributed by atoms with Gasteiger partial charge in [-0.15, -0.1) is 0 Å². The summed E-state index contributed by atoms with van der Waals surface area (Å²) in [5.41, 5.74) is -1.75. The molecule has 2 rings (SSSR count). The average Bonchev–Trinajstić information content (AvgIpc) is 2.27. The van der Waals surface area contributed by atoms with Crippen LogP contribution in [-0.2, 0) is 12.7 Å². The van der Waals surface area contributed by atoms with Crippen LogP contribution in [0.1, 0.15) is 12.6 Å². The van der Waals surface area contributed by atoms with E-state index in [-0.39, 0.29) is 17.4 Å². The van der Waals surface area contributed by atoms with Gasteiger partial charge in [-0.25, -0.2) is 4.79 Å². The summed E-state index contributed by atoms with van der Waals surface area (Å²) in [6.07, 6.45) is -4.62. The van der Waals surface area contributed by atoms with Gasteiger partial charge in [0, 0.05) is 11.9 Å². The normalized spacial score (nSPS) is 12.0. The molecular weight excluding hydrogens is 233 g/mol. The topological polar surface area (TPSA) is 34.9 Å². The van der Waals surface area contributed by atoms with Crippen LogP contribution in [0.5, 0.6) is 0 Å². The lowest BCUT2D eigenvalue weighted by Crippen LogP contribution is -2.27. The first kappa shape index (κ1) is 11.6. The van der Waals surface area contributed by atoms with E-state index < -0.39 is 17.6 Å². The lowest BCUT2D eigenvalue weighted by molar-refractivity contribution is -0.140. The fourth-order valence-electron chi connectivity index (χ4n) is 1.75. The highest BCUT2D eigenvalue weighted by atomic mass is 19.4. The molecule has 6 heteroatoms. The number of benzene rings is 1. The van der Waals surface area contributed by atoms with Crippen molar-refractivity contribution in [1.29, 1.82) is 0 Å². The number of rotatable bonds is 1. The van der Waals surface area contributed by atoms with Crippen LogP contribution in [0.3, 0.4) is 0 Å². The molecule has 1 aromatic heterocycles. The van der Waals surface area contributed by atoms with E-state index in [1.54, 1.807) is 13.0 Å². The minimum absolute atomic E-state index is 0.0542. The Hall–Kier alpha value is -1.85. The highest BCUT2D eigenvalue weighted by Gasteiger charge is 2.35. The molecule has 0 fully saturated rings. The zero-order valence-electron chi connectivity index (χ0n) is 8.95. The van der Waals surface area contributed by atoms with E-state index in [4.69, 9.17) is 0 Å². The fourth-order valence-corrected chi connectivity index (χ4v) is 1.75. The van der Waals surface area contributed by atoms with Gasteiger partial charge in [0.15, 0.2) is 5.69 Å². The number of halogens is 3. The lowest BCUT2D eigenvalue weighted by atomic mass is 10.2. The summed E-state index contributed by atoms with van der Waals surface area (Å²) in [6, 6.07) is 5.88. The standard InChI is InChI=1S/C11H9F3N2O/c1-2-16-8-6-4-3-5-7(8)9(11(12,13)14)15-10(16)17/h3-6H,2H2,1H3. The van der Waals surface area contributed by atoms with Gasteiger partial charge in [0.1, 0.15) is 0 Å². The zero-order chi connectivity index (χ0) is 12.6. The van der Waals surface area contributed by atoms with Crippen LogP contribution in [-0.4, -0.2) is 9.55 Å². The predicted molar refractivity (Wildman–Crippen MR) is 56.7 cm³/mol. The second-order valence-electron chi connectivity index (χ2n) is 3.50. The molecule has 0 aliphatic heterocycles. The van der Waals surface area contributed by atoms with Gasteiger partial charge in [0.05, 0.1) is 5.52 Å². The third-order valence-electron chi connectivity index (χ3n) is 2.47. The number of aromatic nitrogens is 2. The van der Waals surface area contributed by atoms with Crippen molar-refractivity contribution in [2.75, 3.05) is 0 Å². The number of hydrogen-bond acceptors (Lipinski definition) is 2. The van der Waals surface area contributed by atoms with Crippen LogP contribution in [0.15, 0.2) is 29.1 Å². The SMILES string of the molecule is CCn1c(=O)nc(C(F)(F)F)c2ccccc21. The van der Waals surface area contributed by atoms with Crippen molar-refractivity contribution in [2.24, 2.45) is 0 Å². The van der Waals surface area contributed by atoms with Gasteiger partial charge in [0.25, 0.3) is 0 Å². The quantitative estimate of drug-likeness (QED) is 0.769. The van der Waals surface area contributed by atoms with Crippen LogP contribution in [0.2, 0.25) is 0 Å². The third-order valence-corrected chi connectivity index (χ3v) is 2.47. The van der Waals surface area contributed by atoms with Crippen LogP contribution in [0, 0.1) is 0 Å². The number of hydrogen-bond donors (Lipinski definition) is 0. The van der Waals surface area contributed by atoms with Gasteiger partial charge in [-0.3, -0.25) is 4.57 Å². The van der Waals surface area contributed by atoms with Gasteiger partial charge in [0.2, 0.25) is 0 Å². The minimum Gasteiger partial charge on any atom is -0.292 e. The van der Waals surface area contributed by atoms with Crippen molar-refractivity contribution in [1.82, 2.24) is 9.55 Å². The minimum atomic E-state index is -4.62. The molecule has 0 N–H and O–H groups in total. The summed E-state index contributed by atoms with van der Waals surface area (Å²) in [7, 11) is 0. The molecule has 1 aromatic carbocycles. The summed E-state index contributed by atoms with van der Waals surface area (Å²) < 4.78 is 39.4. The van der Waals surface area contributed by atoms with Crippen molar-refractivity contribution < 1.29 is 13.2 Å². The highest BCUT2D eigenvalue weighted by Crippen LogP contribution is 2.31. The first-order valence-electron chi connectivity index (χ1n) is 5.02. The maximum Gasteiger partial charge on any atom is 0.434 e. The van der Waals surface area contributed by atoms with E-state index in [1.165, 1.54) is 22.8 Å². The third kappa shape index (κ3) is 1.90. The van der Waals surface area contributed by atoms with Gasteiger partial charge >= 0.3 is 11.9 Å². The highest BCUT2D eigenvalue weighted by molar-refractivity contribution is 5.81. The number of alkyl halides is 3. The van der Waals surface area contributed by atoms with E-state index in [0.29, 0.717) is 0 Å². The molecule has 0 aliphatic rings. The molecule has 17 heavy (non-hydrogen) atoms.